The van der Waals surface area contributed by atoms with Crippen LogP contribution >= 0.6 is 11.8 Å². The third kappa shape index (κ3) is 4.90. The lowest BCUT2D eigenvalue weighted by Gasteiger charge is -2.22. The summed E-state index contributed by atoms with van der Waals surface area (Å²) in [4.78, 5) is 12.4. The molecular formula is C13H19N3O3S2. The zero-order chi connectivity index (χ0) is 15.3. The van der Waals surface area contributed by atoms with E-state index < -0.39 is 16.1 Å². The molecule has 0 spiro atoms. The fraction of sp³-hybridized carbons (Fsp3) is 0.462. The normalized spacial score (nSPS) is 19.2. The van der Waals surface area contributed by atoms with Gasteiger partial charge in [0.05, 0.1) is 5.75 Å². The predicted octanol–water partition coefficient (Wildman–Crippen LogP) is 0.559. The van der Waals surface area contributed by atoms with Crippen LogP contribution in [0.25, 0.3) is 0 Å². The van der Waals surface area contributed by atoms with E-state index >= 15 is 0 Å². The van der Waals surface area contributed by atoms with Crippen molar-refractivity contribution in [3.8, 4) is 0 Å². The number of piperidine rings is 1. The number of hydrogen-bond donors (Lipinski definition) is 3. The van der Waals surface area contributed by atoms with Crippen LogP contribution in [0.1, 0.15) is 12.8 Å². The van der Waals surface area contributed by atoms with E-state index in [-0.39, 0.29) is 11.7 Å². The molecule has 116 valence electrons. The van der Waals surface area contributed by atoms with Gasteiger partial charge in [-0.3, -0.25) is 4.79 Å². The van der Waals surface area contributed by atoms with Crippen molar-refractivity contribution in [2.75, 3.05) is 23.8 Å². The highest BCUT2D eigenvalue weighted by atomic mass is 32.2. The van der Waals surface area contributed by atoms with Crippen LogP contribution in [0, 0.1) is 0 Å². The van der Waals surface area contributed by atoms with Gasteiger partial charge >= 0.3 is 0 Å². The highest BCUT2D eigenvalue weighted by molar-refractivity contribution is 8.00. The Kier molecular flexibility index (Phi) is 5.49. The number of nitrogen functional groups attached to an aromatic ring is 1. The molecule has 0 bridgehead atoms. The Labute approximate surface area is 128 Å². The molecule has 1 heterocycles. The number of para-hydroxylation sites is 1. The van der Waals surface area contributed by atoms with Gasteiger partial charge in [-0.1, -0.05) is 12.1 Å². The number of benzene rings is 1. The molecule has 0 aliphatic carbocycles. The molecule has 2 rings (SSSR count). The molecule has 1 aliphatic rings. The van der Waals surface area contributed by atoms with Crippen molar-refractivity contribution in [3.63, 3.8) is 0 Å². The van der Waals surface area contributed by atoms with Crippen molar-refractivity contribution in [2.24, 2.45) is 0 Å². The first-order valence-corrected chi connectivity index (χ1v) is 9.37. The highest BCUT2D eigenvalue weighted by Crippen LogP contribution is 2.24. The zero-order valence-electron chi connectivity index (χ0n) is 11.5. The Morgan fingerprint density at radius 2 is 2.14 bits per heavy atom. The number of amides is 1. The van der Waals surface area contributed by atoms with Gasteiger partial charge in [0.2, 0.25) is 15.9 Å². The van der Waals surface area contributed by atoms with Gasteiger partial charge in [0.1, 0.15) is 6.04 Å². The molecule has 1 unspecified atom stereocenters. The number of carbonyl (C=O) groups excluding carboxylic acids is 1. The van der Waals surface area contributed by atoms with Gasteiger partial charge in [-0.15, -0.1) is 11.8 Å². The first-order chi connectivity index (χ1) is 9.98. The summed E-state index contributed by atoms with van der Waals surface area (Å²) in [5, 5.41) is 2.66. The molecule has 0 radical (unpaired) electrons. The molecule has 1 atom stereocenters. The van der Waals surface area contributed by atoms with Crippen molar-refractivity contribution in [1.29, 1.82) is 0 Å². The number of sulfonamides is 1. The first-order valence-electron chi connectivity index (χ1n) is 6.73. The third-order valence-electron chi connectivity index (χ3n) is 3.14. The summed E-state index contributed by atoms with van der Waals surface area (Å²) >= 11 is 1.39. The van der Waals surface area contributed by atoms with Crippen LogP contribution in [0.4, 0.5) is 5.69 Å². The second kappa shape index (κ2) is 7.15. The van der Waals surface area contributed by atoms with Crippen molar-refractivity contribution in [3.05, 3.63) is 24.3 Å². The van der Waals surface area contributed by atoms with E-state index in [1.54, 1.807) is 6.07 Å². The lowest BCUT2D eigenvalue weighted by molar-refractivity contribution is -0.124. The molecule has 0 saturated carbocycles. The molecule has 6 nitrogen and oxygen atoms in total. The standard InChI is InChI=1S/C13H19N3O3S2/c14-10-4-1-2-6-12(10)20-8-9-21(18,19)16-11-5-3-7-15-13(11)17/h1-2,4,6,11,16H,3,5,7-9,14H2,(H,15,17). The molecule has 1 amide bonds. The number of nitrogens with one attached hydrogen (secondary N) is 2. The molecule has 1 fully saturated rings. The number of nitrogens with two attached hydrogens (primary N) is 1. The van der Waals surface area contributed by atoms with Crippen LogP contribution in [-0.4, -0.2) is 38.4 Å². The summed E-state index contributed by atoms with van der Waals surface area (Å²) in [6.07, 6.45) is 1.33. The Hall–Kier alpha value is -1.25. The van der Waals surface area contributed by atoms with E-state index in [9.17, 15) is 13.2 Å². The van der Waals surface area contributed by atoms with Crippen molar-refractivity contribution >= 4 is 33.4 Å². The Morgan fingerprint density at radius 3 is 2.86 bits per heavy atom. The number of anilines is 1. The summed E-state index contributed by atoms with van der Waals surface area (Å²) in [5.74, 6) is 0.0954. The topological polar surface area (TPSA) is 101 Å². The highest BCUT2D eigenvalue weighted by Gasteiger charge is 2.26. The van der Waals surface area contributed by atoms with Crippen molar-refractivity contribution in [2.45, 2.75) is 23.8 Å². The first kappa shape index (κ1) is 16.1. The predicted molar refractivity (Wildman–Crippen MR) is 84.5 cm³/mol. The maximum atomic E-state index is 12.0. The molecule has 4 N–H and O–H groups in total. The van der Waals surface area contributed by atoms with Crippen LogP contribution in [0.3, 0.4) is 0 Å². The smallest absolute Gasteiger partial charge is 0.238 e. The van der Waals surface area contributed by atoms with Gasteiger partial charge in [0.25, 0.3) is 0 Å². The summed E-state index contributed by atoms with van der Waals surface area (Å²) in [6.45, 7) is 0.611. The third-order valence-corrected chi connectivity index (χ3v) is 5.87. The number of carbonyl (C=O) groups is 1. The Balaban J connectivity index is 1.84. The van der Waals surface area contributed by atoms with E-state index in [1.165, 1.54) is 11.8 Å². The van der Waals surface area contributed by atoms with E-state index in [1.807, 2.05) is 18.2 Å². The molecule has 1 saturated heterocycles. The molecule has 1 aromatic carbocycles. The van der Waals surface area contributed by atoms with Crippen LogP contribution in [0.5, 0.6) is 0 Å². The summed E-state index contributed by atoms with van der Waals surface area (Å²) in [7, 11) is -3.47. The molecule has 1 aromatic rings. The largest absolute Gasteiger partial charge is 0.398 e. The monoisotopic (exact) mass is 329 g/mol. The SMILES string of the molecule is Nc1ccccc1SCCS(=O)(=O)NC1CCCNC1=O. The minimum absolute atomic E-state index is 0.0459. The van der Waals surface area contributed by atoms with E-state index in [0.29, 0.717) is 24.4 Å². The summed E-state index contributed by atoms with van der Waals surface area (Å²) < 4.78 is 26.4. The van der Waals surface area contributed by atoms with Crippen LogP contribution in [0.2, 0.25) is 0 Å². The van der Waals surface area contributed by atoms with Crippen molar-refractivity contribution in [1.82, 2.24) is 10.0 Å². The zero-order valence-corrected chi connectivity index (χ0v) is 13.2. The molecule has 8 heteroatoms. The second-order valence-corrected chi connectivity index (χ2v) is 7.82. The quantitative estimate of drug-likeness (QED) is 0.523. The summed E-state index contributed by atoms with van der Waals surface area (Å²) in [5.41, 5.74) is 6.44. The number of thioether (sulfide) groups is 1. The van der Waals surface area contributed by atoms with Gasteiger partial charge < -0.3 is 11.1 Å². The Morgan fingerprint density at radius 1 is 1.38 bits per heavy atom. The van der Waals surface area contributed by atoms with Gasteiger partial charge in [-0.2, -0.15) is 0 Å². The van der Waals surface area contributed by atoms with E-state index in [4.69, 9.17) is 5.73 Å². The fourth-order valence-corrected chi connectivity index (χ4v) is 4.65. The maximum absolute atomic E-state index is 12.0. The second-order valence-electron chi connectivity index (χ2n) is 4.81. The maximum Gasteiger partial charge on any atom is 0.238 e. The molecule has 0 aromatic heterocycles. The average Bonchev–Trinajstić information content (AvgIpc) is 2.43. The average molecular weight is 329 g/mol. The molecule has 1 aliphatic heterocycles. The number of hydrogen-bond acceptors (Lipinski definition) is 5. The van der Waals surface area contributed by atoms with Gasteiger partial charge in [0.15, 0.2) is 0 Å². The van der Waals surface area contributed by atoms with E-state index in [2.05, 4.69) is 10.0 Å². The number of rotatable bonds is 6. The fourth-order valence-electron chi connectivity index (χ4n) is 2.03. The minimum atomic E-state index is -3.47. The van der Waals surface area contributed by atoms with Gasteiger partial charge in [-0.25, -0.2) is 13.1 Å². The molecular weight excluding hydrogens is 310 g/mol. The molecule has 21 heavy (non-hydrogen) atoms. The minimum Gasteiger partial charge on any atom is -0.398 e. The summed E-state index contributed by atoms with van der Waals surface area (Å²) in [6, 6.07) is 6.68. The van der Waals surface area contributed by atoms with Crippen LogP contribution < -0.4 is 15.8 Å². The lowest BCUT2D eigenvalue weighted by atomic mass is 10.1. The van der Waals surface area contributed by atoms with Crippen LogP contribution in [0.15, 0.2) is 29.2 Å². The van der Waals surface area contributed by atoms with Crippen molar-refractivity contribution < 1.29 is 13.2 Å². The Bertz CT molecular complexity index is 604. The van der Waals surface area contributed by atoms with Gasteiger partial charge in [-0.05, 0) is 25.0 Å². The van der Waals surface area contributed by atoms with Crippen LogP contribution in [-0.2, 0) is 14.8 Å². The lowest BCUT2D eigenvalue weighted by Crippen LogP contribution is -2.50. The van der Waals surface area contributed by atoms with Gasteiger partial charge in [0, 0.05) is 22.9 Å². The van der Waals surface area contributed by atoms with E-state index in [0.717, 1.165) is 11.3 Å².